The van der Waals surface area contributed by atoms with Crippen LogP contribution in [0.15, 0.2) is 48.5 Å². The molecule has 1 aliphatic rings. The topological polar surface area (TPSA) is 58.6 Å². The lowest BCUT2D eigenvalue weighted by Crippen LogP contribution is -2.47. The molecule has 3 rings (SSSR count). The van der Waals surface area contributed by atoms with Crippen LogP contribution in [0.25, 0.3) is 0 Å². The van der Waals surface area contributed by atoms with E-state index < -0.39 is 6.04 Å². The SMILES string of the molecule is COc1ccc([C@H](C(=O)NC2CCCCC2)N(C(=O)CCl)c2cccc(Cl)c2)cc1. The van der Waals surface area contributed by atoms with E-state index in [9.17, 15) is 9.59 Å². The van der Waals surface area contributed by atoms with Crippen molar-refractivity contribution in [1.82, 2.24) is 5.32 Å². The second kappa shape index (κ2) is 10.7. The van der Waals surface area contributed by atoms with Crippen LogP contribution in [0.2, 0.25) is 5.02 Å². The van der Waals surface area contributed by atoms with E-state index in [1.165, 1.54) is 11.3 Å². The Morgan fingerprint density at radius 3 is 2.43 bits per heavy atom. The number of nitrogens with one attached hydrogen (secondary N) is 1. The van der Waals surface area contributed by atoms with Crippen molar-refractivity contribution >= 4 is 40.7 Å². The minimum absolute atomic E-state index is 0.110. The van der Waals surface area contributed by atoms with Crippen molar-refractivity contribution in [2.75, 3.05) is 17.9 Å². The number of amides is 2. The van der Waals surface area contributed by atoms with Crippen LogP contribution in [0.3, 0.4) is 0 Å². The molecule has 1 saturated carbocycles. The molecule has 5 nitrogen and oxygen atoms in total. The van der Waals surface area contributed by atoms with Gasteiger partial charge in [-0.3, -0.25) is 14.5 Å². The van der Waals surface area contributed by atoms with E-state index in [0.29, 0.717) is 22.0 Å². The third kappa shape index (κ3) is 5.46. The molecule has 1 atom stereocenters. The number of methoxy groups -OCH3 is 1. The second-order valence-corrected chi connectivity index (χ2v) is 8.10. The highest BCUT2D eigenvalue weighted by Crippen LogP contribution is 2.31. The highest BCUT2D eigenvalue weighted by atomic mass is 35.5. The molecule has 1 aliphatic carbocycles. The molecular formula is C23H26Cl2N2O3. The summed E-state index contributed by atoms with van der Waals surface area (Å²) in [4.78, 5) is 27.8. The first kappa shape index (κ1) is 22.4. The van der Waals surface area contributed by atoms with Crippen molar-refractivity contribution in [2.24, 2.45) is 0 Å². The average Bonchev–Trinajstić information content (AvgIpc) is 2.77. The zero-order chi connectivity index (χ0) is 21.5. The van der Waals surface area contributed by atoms with Crippen LogP contribution in [0.5, 0.6) is 5.75 Å². The van der Waals surface area contributed by atoms with Gasteiger partial charge in [0, 0.05) is 16.8 Å². The van der Waals surface area contributed by atoms with Gasteiger partial charge in [-0.1, -0.05) is 49.1 Å². The molecule has 160 valence electrons. The van der Waals surface area contributed by atoms with Crippen molar-refractivity contribution in [3.63, 3.8) is 0 Å². The highest BCUT2D eigenvalue weighted by molar-refractivity contribution is 6.31. The molecule has 0 heterocycles. The lowest BCUT2D eigenvalue weighted by atomic mass is 9.94. The molecule has 2 amide bonds. The molecule has 0 bridgehead atoms. The smallest absolute Gasteiger partial charge is 0.248 e. The first-order valence-electron chi connectivity index (χ1n) is 10.1. The Hall–Kier alpha value is -2.24. The lowest BCUT2D eigenvalue weighted by molar-refractivity contribution is -0.126. The van der Waals surface area contributed by atoms with Gasteiger partial charge in [0.05, 0.1) is 7.11 Å². The quantitative estimate of drug-likeness (QED) is 0.598. The second-order valence-electron chi connectivity index (χ2n) is 7.40. The molecular weight excluding hydrogens is 423 g/mol. The Kier molecular flexibility index (Phi) is 8.00. The normalized spacial score (nSPS) is 15.3. The fourth-order valence-electron chi connectivity index (χ4n) is 3.86. The van der Waals surface area contributed by atoms with E-state index >= 15 is 0 Å². The summed E-state index contributed by atoms with van der Waals surface area (Å²) in [5, 5.41) is 3.62. The van der Waals surface area contributed by atoms with Gasteiger partial charge in [0.2, 0.25) is 11.8 Å². The monoisotopic (exact) mass is 448 g/mol. The summed E-state index contributed by atoms with van der Waals surface area (Å²) in [6, 6.07) is 13.3. The molecule has 2 aromatic carbocycles. The molecule has 0 radical (unpaired) electrons. The Morgan fingerprint density at radius 1 is 1.13 bits per heavy atom. The molecule has 1 fully saturated rings. The Morgan fingerprint density at radius 2 is 1.83 bits per heavy atom. The molecule has 0 saturated heterocycles. The molecule has 7 heteroatoms. The summed E-state index contributed by atoms with van der Waals surface area (Å²) in [5.74, 6) is -0.192. The van der Waals surface area contributed by atoms with E-state index in [4.69, 9.17) is 27.9 Å². The van der Waals surface area contributed by atoms with Crippen LogP contribution in [0, 0.1) is 0 Å². The molecule has 2 aromatic rings. The van der Waals surface area contributed by atoms with Crippen molar-refractivity contribution in [1.29, 1.82) is 0 Å². The number of hydrogen-bond acceptors (Lipinski definition) is 3. The third-order valence-corrected chi connectivity index (χ3v) is 5.82. The van der Waals surface area contributed by atoms with Crippen molar-refractivity contribution in [3.05, 3.63) is 59.1 Å². The maximum atomic E-state index is 13.5. The molecule has 0 spiro atoms. The van der Waals surface area contributed by atoms with Gasteiger partial charge in [-0.15, -0.1) is 11.6 Å². The number of carbonyl (C=O) groups is 2. The number of ether oxygens (including phenoxy) is 1. The fourth-order valence-corrected chi connectivity index (χ4v) is 4.17. The minimum Gasteiger partial charge on any atom is -0.497 e. The maximum absolute atomic E-state index is 13.5. The molecule has 0 aromatic heterocycles. The Balaban J connectivity index is 2.01. The van der Waals surface area contributed by atoms with E-state index in [0.717, 1.165) is 25.7 Å². The Bertz CT molecular complexity index is 867. The largest absolute Gasteiger partial charge is 0.497 e. The zero-order valence-corrected chi connectivity index (χ0v) is 18.5. The average molecular weight is 449 g/mol. The van der Waals surface area contributed by atoms with Crippen LogP contribution in [-0.4, -0.2) is 30.8 Å². The van der Waals surface area contributed by atoms with Gasteiger partial charge in [0.1, 0.15) is 17.7 Å². The summed E-state index contributed by atoms with van der Waals surface area (Å²) >= 11 is 12.1. The summed E-state index contributed by atoms with van der Waals surface area (Å²) in [7, 11) is 1.58. The van der Waals surface area contributed by atoms with E-state index in [-0.39, 0.29) is 23.7 Å². The van der Waals surface area contributed by atoms with Crippen molar-refractivity contribution < 1.29 is 14.3 Å². The van der Waals surface area contributed by atoms with E-state index in [1.807, 2.05) is 0 Å². The van der Waals surface area contributed by atoms with E-state index in [1.54, 1.807) is 55.6 Å². The molecule has 1 N–H and O–H groups in total. The molecule has 0 aliphatic heterocycles. The van der Waals surface area contributed by atoms with Crippen molar-refractivity contribution in [3.8, 4) is 5.75 Å². The summed E-state index contributed by atoms with van der Waals surface area (Å²) in [6.07, 6.45) is 5.27. The predicted molar refractivity (Wildman–Crippen MR) is 120 cm³/mol. The minimum atomic E-state index is -0.873. The number of carbonyl (C=O) groups excluding carboxylic acids is 2. The van der Waals surface area contributed by atoms with Crippen molar-refractivity contribution in [2.45, 2.75) is 44.2 Å². The predicted octanol–water partition coefficient (Wildman–Crippen LogP) is 5.11. The van der Waals surface area contributed by atoms with Crippen LogP contribution < -0.4 is 15.0 Å². The van der Waals surface area contributed by atoms with Crippen LogP contribution >= 0.6 is 23.2 Å². The van der Waals surface area contributed by atoms with Crippen LogP contribution in [0.4, 0.5) is 5.69 Å². The number of hydrogen-bond donors (Lipinski definition) is 1. The maximum Gasteiger partial charge on any atom is 0.248 e. The van der Waals surface area contributed by atoms with Gasteiger partial charge >= 0.3 is 0 Å². The van der Waals surface area contributed by atoms with Gasteiger partial charge in [-0.25, -0.2) is 0 Å². The number of anilines is 1. The standard InChI is InChI=1S/C23H26Cl2N2O3/c1-30-20-12-10-16(11-13-20)22(23(29)26-18-7-3-2-4-8-18)27(21(28)15-24)19-9-5-6-17(25)14-19/h5-6,9-14,18,22H,2-4,7-8,15H2,1H3,(H,26,29)/t22-/m1/s1. The van der Waals surface area contributed by atoms with Gasteiger partial charge < -0.3 is 10.1 Å². The van der Waals surface area contributed by atoms with Gasteiger partial charge in [0.25, 0.3) is 0 Å². The van der Waals surface area contributed by atoms with Gasteiger partial charge in [-0.05, 0) is 48.7 Å². The van der Waals surface area contributed by atoms with E-state index in [2.05, 4.69) is 5.32 Å². The fraction of sp³-hybridized carbons (Fsp3) is 0.391. The highest BCUT2D eigenvalue weighted by Gasteiger charge is 2.33. The third-order valence-electron chi connectivity index (χ3n) is 5.36. The van der Waals surface area contributed by atoms with Gasteiger partial charge in [-0.2, -0.15) is 0 Å². The van der Waals surface area contributed by atoms with Crippen LogP contribution in [-0.2, 0) is 9.59 Å². The lowest BCUT2D eigenvalue weighted by Gasteiger charge is -2.33. The summed E-state index contributed by atoms with van der Waals surface area (Å²) in [6.45, 7) is 0. The Labute approximate surface area is 187 Å². The molecule has 0 unspecified atom stereocenters. The zero-order valence-electron chi connectivity index (χ0n) is 16.9. The first-order valence-corrected chi connectivity index (χ1v) is 11.0. The van der Waals surface area contributed by atoms with Gasteiger partial charge in [0.15, 0.2) is 0 Å². The number of alkyl halides is 1. The summed E-state index contributed by atoms with van der Waals surface area (Å²) in [5.41, 5.74) is 1.19. The number of halogens is 2. The van der Waals surface area contributed by atoms with Crippen LogP contribution in [0.1, 0.15) is 43.7 Å². The summed E-state index contributed by atoms with van der Waals surface area (Å²) < 4.78 is 5.24. The number of benzene rings is 2. The first-order chi connectivity index (χ1) is 14.5. The molecule has 30 heavy (non-hydrogen) atoms. The number of nitrogens with zero attached hydrogens (tertiary/aromatic N) is 1. The number of rotatable bonds is 7.